The van der Waals surface area contributed by atoms with Crippen LogP contribution < -0.4 is 10.6 Å². The number of rotatable bonds is 7. The Kier molecular flexibility index (Phi) is 6.11. The van der Waals surface area contributed by atoms with Gasteiger partial charge in [0, 0.05) is 30.9 Å². The molecule has 1 heterocycles. The van der Waals surface area contributed by atoms with Gasteiger partial charge >= 0.3 is 0 Å². The zero-order chi connectivity index (χ0) is 19.3. The van der Waals surface area contributed by atoms with Gasteiger partial charge in [0.25, 0.3) is 5.91 Å². The van der Waals surface area contributed by atoms with Gasteiger partial charge in [-0.15, -0.1) is 13.2 Å². The third-order valence-corrected chi connectivity index (χ3v) is 5.87. The van der Waals surface area contributed by atoms with Crippen molar-refractivity contribution in [1.29, 1.82) is 0 Å². The zero-order valence-corrected chi connectivity index (χ0v) is 15.9. The first-order valence-corrected chi connectivity index (χ1v) is 9.74. The number of hydrogen-bond acceptors (Lipinski definition) is 3. The lowest BCUT2D eigenvalue weighted by Gasteiger charge is -2.37. The van der Waals surface area contributed by atoms with Gasteiger partial charge < -0.3 is 15.5 Å². The number of nitrogens with zero attached hydrogens (tertiary/aromatic N) is 1. The summed E-state index contributed by atoms with van der Waals surface area (Å²) < 4.78 is 0. The summed E-state index contributed by atoms with van der Waals surface area (Å²) in [5.74, 6) is 0.466. The molecule has 1 saturated heterocycles. The molecule has 0 unspecified atom stereocenters. The van der Waals surface area contributed by atoms with Crippen LogP contribution in [0.4, 0.5) is 5.69 Å². The monoisotopic (exact) mass is 367 g/mol. The van der Waals surface area contributed by atoms with Crippen molar-refractivity contribution >= 4 is 17.5 Å². The second-order valence-electron chi connectivity index (χ2n) is 7.55. The topological polar surface area (TPSA) is 61.4 Å². The molecule has 0 radical (unpaired) electrons. The van der Waals surface area contributed by atoms with Crippen molar-refractivity contribution in [1.82, 2.24) is 10.2 Å². The SMILES string of the molecule is C=CCN(CC=C)C(=O)c1ccc(NC(=O)[C@@]23CCCC[C@H]2CNC3)cc1. The van der Waals surface area contributed by atoms with E-state index < -0.39 is 0 Å². The standard InChI is InChI=1S/C22H29N3O2/c1-3-13-25(14-4-2)20(26)17-8-10-19(11-9-17)24-21(27)22-12-6-5-7-18(22)15-23-16-22/h3-4,8-11,18,23H,1-2,5-7,12-16H2,(H,24,27)/t18-,22+/m0/s1. The molecule has 144 valence electrons. The average Bonchev–Trinajstić information content (AvgIpc) is 3.13. The number of carbonyl (C=O) groups excluding carboxylic acids is 2. The van der Waals surface area contributed by atoms with Gasteiger partial charge in [0.2, 0.25) is 5.91 Å². The van der Waals surface area contributed by atoms with Gasteiger partial charge in [0.1, 0.15) is 0 Å². The Labute approximate surface area is 161 Å². The van der Waals surface area contributed by atoms with E-state index in [4.69, 9.17) is 0 Å². The minimum Gasteiger partial charge on any atom is -0.331 e. The molecule has 1 saturated carbocycles. The van der Waals surface area contributed by atoms with Gasteiger partial charge in [-0.2, -0.15) is 0 Å². The number of benzene rings is 1. The van der Waals surface area contributed by atoms with Crippen LogP contribution in [0.3, 0.4) is 0 Å². The van der Waals surface area contributed by atoms with Crippen LogP contribution in [-0.2, 0) is 4.79 Å². The van der Waals surface area contributed by atoms with Crippen LogP contribution in [0.1, 0.15) is 36.0 Å². The third kappa shape index (κ3) is 3.98. The van der Waals surface area contributed by atoms with Crippen molar-refractivity contribution in [2.75, 3.05) is 31.5 Å². The Morgan fingerprint density at radius 3 is 2.56 bits per heavy atom. The summed E-state index contributed by atoms with van der Waals surface area (Å²) >= 11 is 0. The Balaban J connectivity index is 1.68. The Bertz CT molecular complexity index is 703. The van der Waals surface area contributed by atoms with Gasteiger partial charge in [-0.25, -0.2) is 0 Å². The fourth-order valence-corrected chi connectivity index (χ4v) is 4.38. The van der Waals surface area contributed by atoms with Crippen LogP contribution >= 0.6 is 0 Å². The van der Waals surface area contributed by atoms with Gasteiger partial charge in [-0.05, 0) is 49.6 Å². The highest BCUT2D eigenvalue weighted by Crippen LogP contribution is 2.44. The van der Waals surface area contributed by atoms with Gasteiger partial charge in [-0.3, -0.25) is 9.59 Å². The number of hydrogen-bond donors (Lipinski definition) is 2. The zero-order valence-electron chi connectivity index (χ0n) is 15.9. The fourth-order valence-electron chi connectivity index (χ4n) is 4.38. The van der Waals surface area contributed by atoms with Crippen LogP contribution in [-0.4, -0.2) is 42.9 Å². The molecule has 5 heteroatoms. The highest BCUT2D eigenvalue weighted by molar-refractivity contribution is 5.98. The Morgan fingerprint density at radius 2 is 1.89 bits per heavy atom. The van der Waals surface area contributed by atoms with E-state index in [2.05, 4.69) is 23.8 Å². The lowest BCUT2D eigenvalue weighted by molar-refractivity contribution is -0.128. The summed E-state index contributed by atoms with van der Waals surface area (Å²) in [4.78, 5) is 27.3. The fraction of sp³-hybridized carbons (Fsp3) is 0.455. The maximum absolute atomic E-state index is 13.0. The van der Waals surface area contributed by atoms with E-state index >= 15 is 0 Å². The van der Waals surface area contributed by atoms with Crippen LogP contribution in [0, 0.1) is 11.3 Å². The molecule has 1 aliphatic heterocycles. The smallest absolute Gasteiger partial charge is 0.254 e. The van der Waals surface area contributed by atoms with Crippen LogP contribution in [0.5, 0.6) is 0 Å². The average molecular weight is 367 g/mol. The molecule has 2 atom stereocenters. The molecule has 1 aliphatic carbocycles. The molecule has 2 N–H and O–H groups in total. The maximum Gasteiger partial charge on any atom is 0.254 e. The molecule has 0 spiro atoms. The number of carbonyl (C=O) groups is 2. The molecular weight excluding hydrogens is 338 g/mol. The first-order chi connectivity index (χ1) is 13.1. The first kappa shape index (κ1) is 19.4. The largest absolute Gasteiger partial charge is 0.331 e. The van der Waals surface area contributed by atoms with Crippen LogP contribution in [0.25, 0.3) is 0 Å². The summed E-state index contributed by atoms with van der Waals surface area (Å²) in [6.07, 6.45) is 7.80. The van der Waals surface area contributed by atoms with E-state index in [9.17, 15) is 9.59 Å². The molecule has 1 aromatic rings. The molecule has 2 fully saturated rings. The van der Waals surface area contributed by atoms with E-state index in [1.54, 1.807) is 29.2 Å². The van der Waals surface area contributed by atoms with Crippen molar-refractivity contribution < 1.29 is 9.59 Å². The van der Waals surface area contributed by atoms with Crippen LogP contribution in [0.2, 0.25) is 0 Å². The molecule has 3 rings (SSSR count). The summed E-state index contributed by atoms with van der Waals surface area (Å²) in [5.41, 5.74) is 1.05. The molecule has 0 bridgehead atoms. The Morgan fingerprint density at radius 1 is 1.19 bits per heavy atom. The lowest BCUT2D eigenvalue weighted by atomic mass is 9.67. The molecule has 0 aromatic heterocycles. The molecule has 5 nitrogen and oxygen atoms in total. The van der Waals surface area contributed by atoms with Crippen molar-refractivity contribution in [2.24, 2.45) is 11.3 Å². The second kappa shape index (κ2) is 8.53. The van der Waals surface area contributed by atoms with E-state index in [1.807, 2.05) is 12.1 Å². The normalized spacial score (nSPS) is 23.9. The number of anilines is 1. The summed E-state index contributed by atoms with van der Waals surface area (Å²) in [5, 5.41) is 6.49. The van der Waals surface area contributed by atoms with Crippen LogP contribution in [0.15, 0.2) is 49.6 Å². The predicted molar refractivity (Wildman–Crippen MR) is 109 cm³/mol. The highest BCUT2D eigenvalue weighted by atomic mass is 16.2. The molecule has 2 amide bonds. The quantitative estimate of drug-likeness (QED) is 0.728. The van der Waals surface area contributed by atoms with E-state index in [0.717, 1.165) is 38.0 Å². The van der Waals surface area contributed by atoms with Gasteiger partial charge in [0.05, 0.1) is 5.41 Å². The lowest BCUT2D eigenvalue weighted by Crippen LogP contribution is -2.44. The minimum absolute atomic E-state index is 0.0707. The van der Waals surface area contributed by atoms with Crippen molar-refractivity contribution in [2.45, 2.75) is 25.7 Å². The predicted octanol–water partition coefficient (Wildman–Crippen LogP) is 3.22. The van der Waals surface area contributed by atoms with Gasteiger partial charge in [-0.1, -0.05) is 25.0 Å². The van der Waals surface area contributed by atoms with Crippen molar-refractivity contribution in [3.05, 3.63) is 55.1 Å². The van der Waals surface area contributed by atoms with Crippen molar-refractivity contribution in [3.63, 3.8) is 0 Å². The van der Waals surface area contributed by atoms with Gasteiger partial charge in [0.15, 0.2) is 0 Å². The Hall–Kier alpha value is -2.40. The molecule has 27 heavy (non-hydrogen) atoms. The van der Waals surface area contributed by atoms with E-state index in [1.165, 1.54) is 6.42 Å². The molecular formula is C22H29N3O2. The maximum atomic E-state index is 13.0. The summed E-state index contributed by atoms with van der Waals surface area (Å²) in [6.45, 7) is 10.0. The van der Waals surface area contributed by atoms with E-state index in [-0.39, 0.29) is 17.2 Å². The summed E-state index contributed by atoms with van der Waals surface area (Å²) in [7, 11) is 0. The van der Waals surface area contributed by atoms with E-state index in [0.29, 0.717) is 24.6 Å². The summed E-state index contributed by atoms with van der Waals surface area (Å²) in [6, 6.07) is 7.14. The number of nitrogens with one attached hydrogen (secondary N) is 2. The highest BCUT2D eigenvalue weighted by Gasteiger charge is 2.49. The first-order valence-electron chi connectivity index (χ1n) is 9.74. The third-order valence-electron chi connectivity index (χ3n) is 5.87. The number of fused-ring (bicyclic) bond motifs is 1. The minimum atomic E-state index is -0.280. The van der Waals surface area contributed by atoms with Crippen molar-refractivity contribution in [3.8, 4) is 0 Å². The molecule has 2 aliphatic rings. The number of amides is 2. The second-order valence-corrected chi connectivity index (χ2v) is 7.55. The molecule has 1 aromatic carbocycles.